The van der Waals surface area contributed by atoms with Gasteiger partial charge in [-0.25, -0.2) is 0 Å². The first-order chi connectivity index (χ1) is 15.3. The first-order valence-electron chi connectivity index (χ1n) is 10.3. The van der Waals surface area contributed by atoms with Crippen molar-refractivity contribution in [1.82, 2.24) is 0 Å². The summed E-state index contributed by atoms with van der Waals surface area (Å²) in [6, 6.07) is 11.8. The molecule has 1 atom stereocenters. The highest BCUT2D eigenvalue weighted by molar-refractivity contribution is 7.98. The Balaban J connectivity index is 1.76. The fourth-order valence-corrected chi connectivity index (χ4v) is 5.85. The Morgan fingerprint density at radius 2 is 1.97 bits per heavy atom. The number of halogens is 2. The van der Waals surface area contributed by atoms with E-state index in [9.17, 15) is 10.1 Å². The molecule has 2 aliphatic rings. The average Bonchev–Trinajstić information content (AvgIpc) is 2.75. The number of carbonyl (C=O) groups excluding carboxylic acids is 1. The Bertz CT molecular complexity index is 1230. The number of hydrogen-bond donors (Lipinski definition) is 1. The van der Waals surface area contributed by atoms with E-state index in [2.05, 4.69) is 25.1 Å². The molecule has 0 fully saturated rings. The first-order valence-corrected chi connectivity index (χ1v) is 12.1. The van der Waals surface area contributed by atoms with Crippen molar-refractivity contribution in [2.75, 3.05) is 0 Å². The third kappa shape index (κ3) is 4.28. The third-order valence-corrected chi connectivity index (χ3v) is 7.70. The molecule has 2 aromatic rings. The van der Waals surface area contributed by atoms with Crippen molar-refractivity contribution >= 4 is 40.7 Å². The molecule has 4 rings (SSSR count). The standard InChI is InChI=1S/C25H22Cl2N2O2S/c1-13-8-14(2)17(9-15(13)12-32-22-10-16(26)6-7-19(22)27)23-18(11-28)25(29)31-21-5-3-4-20(30)24(21)23/h6-10,23H,3-5,12,29H2,1-2H3/t23-/m0/s1. The van der Waals surface area contributed by atoms with Crippen LogP contribution < -0.4 is 5.73 Å². The second-order valence-electron chi connectivity index (χ2n) is 8.04. The fourth-order valence-electron chi connectivity index (χ4n) is 4.29. The molecule has 2 N–H and O–H groups in total. The molecule has 4 nitrogen and oxygen atoms in total. The largest absolute Gasteiger partial charge is 0.444 e. The summed E-state index contributed by atoms with van der Waals surface area (Å²) < 4.78 is 5.70. The summed E-state index contributed by atoms with van der Waals surface area (Å²) in [7, 11) is 0. The lowest BCUT2D eigenvalue weighted by Crippen LogP contribution is -2.27. The molecule has 1 heterocycles. The van der Waals surface area contributed by atoms with Gasteiger partial charge in [0.2, 0.25) is 5.88 Å². The summed E-state index contributed by atoms with van der Waals surface area (Å²) in [5, 5.41) is 11.1. The lowest BCUT2D eigenvalue weighted by Gasteiger charge is -2.32. The van der Waals surface area contributed by atoms with Crippen LogP contribution in [0.2, 0.25) is 10.0 Å². The summed E-state index contributed by atoms with van der Waals surface area (Å²) in [5.74, 6) is 0.884. The Morgan fingerprint density at radius 1 is 1.19 bits per heavy atom. The molecule has 164 valence electrons. The minimum absolute atomic E-state index is 0.0260. The van der Waals surface area contributed by atoms with Gasteiger partial charge >= 0.3 is 0 Å². The van der Waals surface area contributed by atoms with Gasteiger partial charge in [0.1, 0.15) is 17.4 Å². The Labute approximate surface area is 202 Å². The van der Waals surface area contributed by atoms with Gasteiger partial charge in [-0.15, -0.1) is 11.8 Å². The van der Waals surface area contributed by atoms with E-state index in [4.69, 9.17) is 33.7 Å². The third-order valence-electron chi connectivity index (χ3n) is 5.92. The van der Waals surface area contributed by atoms with Crippen molar-refractivity contribution in [1.29, 1.82) is 5.26 Å². The summed E-state index contributed by atoms with van der Waals surface area (Å²) in [5.41, 5.74) is 11.1. The topological polar surface area (TPSA) is 76.1 Å². The van der Waals surface area contributed by atoms with E-state index in [1.165, 1.54) is 0 Å². The minimum Gasteiger partial charge on any atom is -0.444 e. The van der Waals surface area contributed by atoms with Gasteiger partial charge in [0.25, 0.3) is 0 Å². The van der Waals surface area contributed by atoms with Gasteiger partial charge in [0.05, 0.1) is 10.9 Å². The monoisotopic (exact) mass is 484 g/mol. The van der Waals surface area contributed by atoms with Crippen LogP contribution in [-0.2, 0) is 15.3 Å². The predicted molar refractivity (Wildman–Crippen MR) is 128 cm³/mol. The molecule has 2 aromatic carbocycles. The normalized spacial score (nSPS) is 18.3. The smallest absolute Gasteiger partial charge is 0.205 e. The van der Waals surface area contributed by atoms with Crippen molar-refractivity contribution in [3.05, 3.63) is 85.4 Å². The Morgan fingerprint density at radius 3 is 2.72 bits per heavy atom. The highest BCUT2D eigenvalue weighted by atomic mass is 35.5. The van der Waals surface area contributed by atoms with Crippen molar-refractivity contribution < 1.29 is 9.53 Å². The zero-order chi connectivity index (χ0) is 23.0. The number of nitrogens with two attached hydrogens (primary N) is 1. The number of ketones is 1. The number of thioether (sulfide) groups is 1. The van der Waals surface area contributed by atoms with Crippen LogP contribution in [0.15, 0.2) is 58.0 Å². The van der Waals surface area contributed by atoms with Crippen molar-refractivity contribution in [2.45, 2.75) is 49.7 Å². The molecule has 1 aliphatic heterocycles. The van der Waals surface area contributed by atoms with Crippen molar-refractivity contribution in [2.24, 2.45) is 5.73 Å². The summed E-state index contributed by atoms with van der Waals surface area (Å²) in [6.45, 7) is 4.06. The lowest BCUT2D eigenvalue weighted by atomic mass is 9.76. The quantitative estimate of drug-likeness (QED) is 0.487. The minimum atomic E-state index is -0.504. The number of carbonyl (C=O) groups is 1. The molecule has 0 aromatic heterocycles. The van der Waals surface area contributed by atoms with Gasteiger partial charge in [-0.1, -0.05) is 35.3 Å². The van der Waals surface area contributed by atoms with Crippen LogP contribution in [-0.4, -0.2) is 5.78 Å². The van der Waals surface area contributed by atoms with Crippen LogP contribution >= 0.6 is 35.0 Å². The van der Waals surface area contributed by atoms with Gasteiger partial charge < -0.3 is 10.5 Å². The molecular weight excluding hydrogens is 463 g/mol. The zero-order valence-corrected chi connectivity index (χ0v) is 20.1. The van der Waals surface area contributed by atoms with E-state index in [-0.39, 0.29) is 11.7 Å². The number of hydrogen-bond acceptors (Lipinski definition) is 5. The highest BCUT2D eigenvalue weighted by Gasteiger charge is 2.38. The fraction of sp³-hybridized carbons (Fsp3) is 0.280. The molecule has 32 heavy (non-hydrogen) atoms. The van der Waals surface area contributed by atoms with Crippen LogP contribution in [0, 0.1) is 25.2 Å². The number of ether oxygens (including phenoxy) is 1. The van der Waals surface area contributed by atoms with Crippen LogP contribution in [0.4, 0.5) is 0 Å². The predicted octanol–water partition coefficient (Wildman–Crippen LogP) is 6.72. The van der Waals surface area contributed by atoms with E-state index in [1.54, 1.807) is 23.9 Å². The van der Waals surface area contributed by atoms with E-state index >= 15 is 0 Å². The summed E-state index contributed by atoms with van der Waals surface area (Å²) in [4.78, 5) is 13.8. The molecule has 7 heteroatoms. The molecule has 0 amide bonds. The van der Waals surface area contributed by atoms with Crippen LogP contribution in [0.25, 0.3) is 0 Å². The van der Waals surface area contributed by atoms with E-state index in [0.29, 0.717) is 45.5 Å². The zero-order valence-electron chi connectivity index (χ0n) is 17.8. The average molecular weight is 485 g/mol. The second kappa shape index (κ2) is 9.23. The number of nitrogens with zero attached hydrogens (tertiary/aromatic N) is 1. The van der Waals surface area contributed by atoms with Gasteiger partial charge in [-0.3, -0.25) is 4.79 Å². The molecule has 0 unspecified atom stereocenters. The Hall–Kier alpha value is -2.39. The van der Waals surface area contributed by atoms with Gasteiger partial charge in [-0.05, 0) is 60.7 Å². The number of rotatable bonds is 4. The number of benzene rings is 2. The molecule has 0 radical (unpaired) electrons. The van der Waals surface area contributed by atoms with Gasteiger partial charge in [-0.2, -0.15) is 5.26 Å². The molecule has 0 saturated carbocycles. The van der Waals surface area contributed by atoms with Crippen molar-refractivity contribution in [3.63, 3.8) is 0 Å². The van der Waals surface area contributed by atoms with E-state index < -0.39 is 5.92 Å². The molecule has 1 aliphatic carbocycles. The maximum absolute atomic E-state index is 12.9. The maximum Gasteiger partial charge on any atom is 0.205 e. The number of allylic oxidation sites excluding steroid dienone is 3. The van der Waals surface area contributed by atoms with Crippen LogP contribution in [0.1, 0.15) is 47.4 Å². The number of nitriles is 1. The van der Waals surface area contributed by atoms with Gasteiger partial charge in [0.15, 0.2) is 5.78 Å². The summed E-state index contributed by atoms with van der Waals surface area (Å²) in [6.07, 6.45) is 1.84. The first kappa shape index (κ1) is 22.8. The molecule has 0 spiro atoms. The summed E-state index contributed by atoms with van der Waals surface area (Å²) >= 11 is 14.1. The lowest BCUT2D eigenvalue weighted by molar-refractivity contribution is -0.116. The molecule has 0 bridgehead atoms. The number of Topliss-reactive ketones (excluding diaryl/α,β-unsaturated/α-hetero) is 1. The number of aryl methyl sites for hydroxylation is 2. The second-order valence-corrected chi connectivity index (χ2v) is 9.90. The van der Waals surface area contributed by atoms with Crippen molar-refractivity contribution in [3.8, 4) is 6.07 Å². The Kier molecular flexibility index (Phi) is 6.57. The van der Waals surface area contributed by atoms with Crippen LogP contribution in [0.3, 0.4) is 0 Å². The molecular formula is C25H22Cl2N2O2S. The highest BCUT2D eigenvalue weighted by Crippen LogP contribution is 2.45. The van der Waals surface area contributed by atoms with Crippen LogP contribution in [0.5, 0.6) is 0 Å². The molecule has 0 saturated heterocycles. The maximum atomic E-state index is 12.9. The SMILES string of the molecule is Cc1cc(C)c([C@H]2C(C#N)=C(N)OC3=C2C(=O)CCC3)cc1CSc1cc(Cl)ccc1Cl. The van der Waals surface area contributed by atoms with Gasteiger partial charge in [0, 0.05) is 34.1 Å². The van der Waals surface area contributed by atoms with E-state index in [0.717, 1.165) is 33.6 Å². The van der Waals surface area contributed by atoms with E-state index in [1.807, 2.05) is 13.0 Å².